The second-order valence-corrected chi connectivity index (χ2v) is 30.5. The summed E-state index contributed by atoms with van der Waals surface area (Å²) in [4.78, 5) is 167. The predicted octanol–water partition coefficient (Wildman–Crippen LogP) is 6.29. The number of urea groups is 1. The monoisotopic (exact) mass is 1500 g/mol. The lowest BCUT2D eigenvalue weighted by molar-refractivity contribution is -0.148. The highest BCUT2D eigenvalue weighted by Gasteiger charge is 2.49. The molecule has 3 fully saturated rings. The molecule has 1 aliphatic carbocycles. The van der Waals surface area contributed by atoms with Crippen LogP contribution in [0.5, 0.6) is 0 Å². The molecule has 2 aliphatic heterocycles. The van der Waals surface area contributed by atoms with E-state index in [1.165, 1.54) is 58.9 Å². The van der Waals surface area contributed by atoms with E-state index in [2.05, 4.69) is 31.9 Å². The fourth-order valence-electron chi connectivity index (χ4n) is 13.7. The molecule has 5 rings (SSSR count). The van der Waals surface area contributed by atoms with Crippen molar-refractivity contribution in [1.82, 2.24) is 46.2 Å². The molecule has 105 heavy (non-hydrogen) atoms. The molecule has 0 bridgehead atoms. The number of carboxylic acids is 1. The Bertz CT molecular complexity index is 3280. The fourth-order valence-corrected chi connectivity index (χ4v) is 15.1. The molecule has 2 aromatic carbocycles. The highest BCUT2D eigenvalue weighted by Crippen LogP contribution is 2.52. The fraction of sp³-hybridized carbons (Fsp3) is 0.676. The minimum absolute atomic E-state index is 0.0332. The van der Waals surface area contributed by atoms with E-state index in [1.807, 2.05) is 41.5 Å². The van der Waals surface area contributed by atoms with Crippen LogP contribution in [0.3, 0.4) is 0 Å². The van der Waals surface area contributed by atoms with E-state index in [4.69, 9.17) is 24.7 Å². The Kier molecular flexibility index (Phi) is 34.8. The Balaban J connectivity index is 1.23. The van der Waals surface area contributed by atoms with Crippen molar-refractivity contribution in [2.75, 3.05) is 72.6 Å². The normalized spacial score (nSPS) is 18.8. The number of carboxylic acid groups (broad SMARTS) is 1. The molecule has 9 N–H and O–H groups in total. The van der Waals surface area contributed by atoms with Gasteiger partial charge < -0.3 is 71.5 Å². The molecule has 1 saturated carbocycles. The molecule has 31 heteroatoms. The van der Waals surface area contributed by atoms with Crippen LogP contribution in [-0.2, 0) is 79.9 Å². The number of primary amides is 1. The van der Waals surface area contributed by atoms with Gasteiger partial charge in [0, 0.05) is 77.2 Å². The molecular formula is C74H113F2N11O17S. The highest BCUT2D eigenvalue weighted by molar-refractivity contribution is 8.00. The molecule has 12 atom stereocenters. The number of unbranched alkanes of at least 4 members (excludes halogenated alkanes) is 2. The Morgan fingerprint density at radius 3 is 2.00 bits per heavy atom. The number of ether oxygens (including phenoxy) is 4. The molecular weight excluding hydrogens is 1380 g/mol. The summed E-state index contributed by atoms with van der Waals surface area (Å²) in [5.74, 6) is -7.98. The molecule has 586 valence electrons. The number of thioether (sulfide) groups is 1. The number of nitrogens with two attached hydrogens (primary N) is 1. The quantitative estimate of drug-likeness (QED) is 0.0205. The first kappa shape index (κ1) is 87.6. The second-order valence-electron chi connectivity index (χ2n) is 29.3. The van der Waals surface area contributed by atoms with E-state index in [-0.39, 0.29) is 142 Å². The minimum Gasteiger partial charge on any atom is -0.481 e. The Morgan fingerprint density at radius 1 is 0.771 bits per heavy atom. The van der Waals surface area contributed by atoms with Gasteiger partial charge >= 0.3 is 18.2 Å². The molecule has 0 radical (unpaired) electrons. The van der Waals surface area contributed by atoms with Crippen molar-refractivity contribution in [2.24, 2.45) is 40.7 Å². The van der Waals surface area contributed by atoms with Crippen LogP contribution in [0, 0.1) is 46.6 Å². The summed E-state index contributed by atoms with van der Waals surface area (Å²) >= 11 is 1.34. The zero-order valence-corrected chi connectivity index (χ0v) is 64.2. The van der Waals surface area contributed by atoms with Crippen molar-refractivity contribution in [3.05, 3.63) is 65.2 Å². The number of rotatable bonds is 44. The molecule has 2 saturated heterocycles. The van der Waals surface area contributed by atoms with Crippen LogP contribution in [-0.4, -0.2) is 223 Å². The molecule has 11 amide bonds. The first-order valence-corrected chi connectivity index (χ1v) is 37.4. The molecule has 3 unspecified atom stereocenters. The SMILES string of the molecule is CC[C@H](C)C([C@@H](CC(=O)N1C[C@@H](OC(=O)OCc2ccc(NC(=O)C(CCCNC(N)=O)NC(=O)[C@@H](NC(=O)CCCCCN3C(=O)CC(SCC4(CC(=O)O)CC4)C3=O)C(C)C)cc2)C[C@H]1[C@H](OC)[C@@H](C)C(=O)NCCc1c(F)cccc1F)OC)N(C)C(=O)[C@@H](NC(=O)[C@H](C(C)C)N(C)C)C(C)C. The number of carbonyl (C=O) groups excluding carboxylic acids is 11. The van der Waals surface area contributed by atoms with Crippen LogP contribution in [0.4, 0.5) is 24.1 Å². The van der Waals surface area contributed by atoms with Gasteiger partial charge in [0.25, 0.3) is 0 Å². The van der Waals surface area contributed by atoms with Crippen LogP contribution in [0.2, 0.25) is 0 Å². The van der Waals surface area contributed by atoms with Crippen molar-refractivity contribution in [2.45, 2.75) is 219 Å². The standard InChI is InChI=1S/C74H113F2N11O17S/c1-15-45(8)64(85(12)71(98)62(43(4)5)83-69(96)63(44(6)7)84(10)11)55(101-13)36-58(89)87-39-49(35-54(87)65(102-14)46(9)66(93)78-33-29-50-51(75)21-19-22-52(50)76)104-73(100)103-40-47-25-27-48(28-26-47)80-67(94)53(23-20-32-79-72(77)99)81-68(95)61(42(2)3)82-57(88)24-17-16-18-34-86-59(90)37-56(70(86)97)105-41-74(30-31-74)38-60(91)92/h19,21-22,25-28,42-46,49,53-56,61-65H,15-18,20,23-24,29-41H2,1-14H3,(H,78,93)(H,80,94)(H,81,95)(H,82,88)(H,83,96)(H,91,92)(H3,77,79,99)/t45-,46+,49-,53?,54-,55+,56?,61-,62-,63-,64?,65+/m0/s1. The third kappa shape index (κ3) is 26.2. The number of anilines is 1. The van der Waals surface area contributed by atoms with E-state index >= 15 is 4.79 Å². The molecule has 2 heterocycles. The van der Waals surface area contributed by atoms with Gasteiger partial charge in [0.2, 0.25) is 53.2 Å². The highest BCUT2D eigenvalue weighted by atomic mass is 32.2. The van der Waals surface area contributed by atoms with Crippen molar-refractivity contribution in [3.8, 4) is 0 Å². The Morgan fingerprint density at radius 2 is 1.43 bits per heavy atom. The first-order chi connectivity index (χ1) is 49.6. The van der Waals surface area contributed by atoms with Gasteiger partial charge in [-0.25, -0.2) is 18.4 Å². The summed E-state index contributed by atoms with van der Waals surface area (Å²) in [7, 11) is 8.01. The van der Waals surface area contributed by atoms with Crippen LogP contribution in [0.15, 0.2) is 42.5 Å². The summed E-state index contributed by atoms with van der Waals surface area (Å²) in [6.07, 6.45) is -0.721. The number of nitrogens with zero attached hydrogens (tertiary/aromatic N) is 4. The molecule has 0 aromatic heterocycles. The van der Waals surface area contributed by atoms with E-state index in [0.717, 1.165) is 25.0 Å². The first-order valence-electron chi connectivity index (χ1n) is 36.4. The number of likely N-dealkylation sites (tertiary alicyclic amines) is 2. The third-order valence-corrected chi connectivity index (χ3v) is 21.5. The Hall–Kier alpha value is -8.03. The van der Waals surface area contributed by atoms with Crippen molar-refractivity contribution < 1.29 is 90.4 Å². The van der Waals surface area contributed by atoms with Gasteiger partial charge in [0.05, 0.1) is 60.9 Å². The topological polar surface area (TPSA) is 373 Å². The number of nitrogens with one attached hydrogen (secondary N) is 6. The number of imide groups is 1. The van der Waals surface area contributed by atoms with Gasteiger partial charge in [-0.1, -0.05) is 93.4 Å². The van der Waals surface area contributed by atoms with Gasteiger partial charge in [-0.2, -0.15) is 0 Å². The van der Waals surface area contributed by atoms with Gasteiger partial charge in [-0.3, -0.25) is 57.7 Å². The maximum Gasteiger partial charge on any atom is 0.508 e. The van der Waals surface area contributed by atoms with E-state index in [1.54, 1.807) is 58.9 Å². The smallest absolute Gasteiger partial charge is 0.481 e. The molecule has 0 spiro atoms. The van der Waals surface area contributed by atoms with Gasteiger partial charge in [0.1, 0.15) is 42.5 Å². The number of likely N-dealkylation sites (N-methyl/N-ethyl adjacent to an activating group) is 2. The Labute approximate surface area is 619 Å². The number of aliphatic carboxylic acids is 1. The second kappa shape index (κ2) is 41.8. The van der Waals surface area contributed by atoms with Gasteiger partial charge in [-0.15, -0.1) is 11.8 Å². The van der Waals surface area contributed by atoms with Crippen molar-refractivity contribution in [3.63, 3.8) is 0 Å². The minimum atomic E-state index is -1.17. The number of hydrogen-bond acceptors (Lipinski definition) is 18. The zero-order chi connectivity index (χ0) is 78.2. The number of benzene rings is 2. The summed E-state index contributed by atoms with van der Waals surface area (Å²) < 4.78 is 52.7. The number of methoxy groups -OCH3 is 2. The third-order valence-electron chi connectivity index (χ3n) is 20.0. The summed E-state index contributed by atoms with van der Waals surface area (Å²) in [6, 6.07) is 3.60. The van der Waals surface area contributed by atoms with Crippen molar-refractivity contribution in [1.29, 1.82) is 0 Å². The van der Waals surface area contributed by atoms with Gasteiger partial charge in [0.15, 0.2) is 0 Å². The maximum atomic E-state index is 15.0. The van der Waals surface area contributed by atoms with Crippen LogP contribution in [0.25, 0.3) is 0 Å². The summed E-state index contributed by atoms with van der Waals surface area (Å²) in [5.41, 5.74) is 5.49. The molecule has 28 nitrogen and oxygen atoms in total. The predicted molar refractivity (Wildman–Crippen MR) is 389 cm³/mol. The molecule has 3 aliphatic rings. The van der Waals surface area contributed by atoms with Crippen LogP contribution < -0.4 is 37.6 Å². The average molecular weight is 1500 g/mol. The lowest BCUT2D eigenvalue weighted by Crippen LogP contribution is -2.59. The van der Waals surface area contributed by atoms with E-state index in [9.17, 15) is 66.6 Å². The lowest BCUT2D eigenvalue weighted by atomic mass is 9.89. The number of hydrogen-bond donors (Lipinski definition) is 8. The van der Waals surface area contributed by atoms with Crippen LogP contribution in [0.1, 0.15) is 157 Å². The zero-order valence-electron chi connectivity index (χ0n) is 63.4. The maximum absolute atomic E-state index is 15.0. The van der Waals surface area contributed by atoms with Crippen LogP contribution >= 0.6 is 11.8 Å². The molecule has 2 aromatic rings. The lowest BCUT2D eigenvalue weighted by Gasteiger charge is -2.41. The average Bonchev–Trinajstić information content (AvgIpc) is 1.58. The number of amides is 11. The van der Waals surface area contributed by atoms with Gasteiger partial charge in [-0.05, 0) is 118 Å². The van der Waals surface area contributed by atoms with Crippen molar-refractivity contribution >= 4 is 88.8 Å². The van der Waals surface area contributed by atoms with E-state index in [0.29, 0.717) is 37.0 Å². The van der Waals surface area contributed by atoms with E-state index < -0.39 is 131 Å². The number of halogens is 2. The summed E-state index contributed by atoms with van der Waals surface area (Å²) in [6.45, 7) is 16.0. The number of carbonyl (C=O) groups is 12. The largest absolute Gasteiger partial charge is 0.508 e. The summed E-state index contributed by atoms with van der Waals surface area (Å²) in [5, 5.41) is 25.2.